The summed E-state index contributed by atoms with van der Waals surface area (Å²) in [5, 5.41) is 0. The van der Waals surface area contributed by atoms with Crippen LogP contribution in [0.3, 0.4) is 0 Å². The molecule has 0 atom stereocenters. The van der Waals surface area contributed by atoms with E-state index in [2.05, 4.69) is 9.98 Å². The molecular weight excluding hydrogens is 395 g/mol. The van der Waals surface area contributed by atoms with E-state index < -0.39 is 0 Å². The molecule has 0 aliphatic heterocycles. The smallest absolute Gasteiger partial charge is 0.137 e. The zero-order valence-electron chi connectivity index (χ0n) is 14.9. The number of halogens is 2. The van der Waals surface area contributed by atoms with E-state index in [-0.39, 0.29) is 5.82 Å². The van der Waals surface area contributed by atoms with Crippen LogP contribution in [-0.4, -0.2) is 22.6 Å². The van der Waals surface area contributed by atoms with Crippen LogP contribution in [-0.2, 0) is 0 Å². The molecule has 3 heterocycles. The first-order valence-corrected chi connectivity index (χ1v) is 9.67. The van der Waals surface area contributed by atoms with Gasteiger partial charge in [0.15, 0.2) is 0 Å². The van der Waals surface area contributed by atoms with Gasteiger partial charge in [0.1, 0.15) is 11.5 Å². The number of benzene rings is 1. The van der Waals surface area contributed by atoms with Crippen LogP contribution in [0.15, 0.2) is 65.9 Å². The van der Waals surface area contributed by atoms with Crippen molar-refractivity contribution >= 4 is 46.1 Å². The Morgan fingerprint density at radius 1 is 1.14 bits per heavy atom. The molecule has 4 rings (SSSR count). The van der Waals surface area contributed by atoms with Crippen molar-refractivity contribution in [1.82, 2.24) is 9.38 Å². The lowest BCUT2D eigenvalue weighted by Crippen LogP contribution is -2.04. The molecule has 0 radical (unpaired) electrons. The number of hydrogen-bond donors (Lipinski definition) is 1. The number of nitrogens with two attached hydrogens (primary N) is 1. The molecule has 0 amide bonds. The number of hydrogen-bond acceptors (Lipinski definition) is 4. The molecule has 3 aromatic heterocycles. The molecule has 0 saturated heterocycles. The Bertz CT molecular complexity index is 1200. The zero-order chi connectivity index (χ0) is 19.7. The standard InChI is InChI=1S/C21H16ClFN4S/c1-25-10-16(21(24)13-2-5-15(23)6-3-13)14-4-9-20-26-11-17(27(20)12-14)18-7-8-19(22)28-18/h2-12H,24H2,1H3. The van der Waals surface area contributed by atoms with Crippen molar-refractivity contribution in [2.75, 3.05) is 7.05 Å². The number of aromatic nitrogens is 2. The Hall–Kier alpha value is -2.96. The Kier molecular flexibility index (Phi) is 4.98. The van der Waals surface area contributed by atoms with E-state index in [9.17, 15) is 4.39 Å². The van der Waals surface area contributed by atoms with E-state index in [4.69, 9.17) is 17.3 Å². The predicted molar refractivity (Wildman–Crippen MR) is 115 cm³/mol. The quantitative estimate of drug-likeness (QED) is 0.459. The Balaban J connectivity index is 1.87. The fourth-order valence-corrected chi connectivity index (χ4v) is 4.04. The van der Waals surface area contributed by atoms with Gasteiger partial charge in [-0.15, -0.1) is 11.3 Å². The summed E-state index contributed by atoms with van der Waals surface area (Å²) in [6, 6.07) is 13.8. The number of aliphatic imine (C=N–C) groups is 1. The van der Waals surface area contributed by atoms with E-state index in [1.807, 2.05) is 41.1 Å². The molecule has 4 aromatic rings. The van der Waals surface area contributed by atoms with Crippen molar-refractivity contribution in [1.29, 1.82) is 0 Å². The van der Waals surface area contributed by atoms with Crippen LogP contribution >= 0.6 is 22.9 Å². The molecule has 0 aliphatic rings. The summed E-state index contributed by atoms with van der Waals surface area (Å²) in [6.07, 6.45) is 5.50. The highest BCUT2D eigenvalue weighted by Crippen LogP contribution is 2.32. The summed E-state index contributed by atoms with van der Waals surface area (Å²) in [4.78, 5) is 9.64. The van der Waals surface area contributed by atoms with Gasteiger partial charge in [0.05, 0.1) is 21.1 Å². The molecule has 0 aliphatic carbocycles. The minimum absolute atomic E-state index is 0.304. The van der Waals surface area contributed by atoms with Gasteiger partial charge in [0, 0.05) is 36.3 Å². The van der Waals surface area contributed by atoms with E-state index in [1.165, 1.54) is 23.5 Å². The van der Waals surface area contributed by atoms with Crippen molar-refractivity contribution in [3.8, 4) is 10.6 Å². The average molecular weight is 411 g/mol. The van der Waals surface area contributed by atoms with Crippen LogP contribution in [0.5, 0.6) is 0 Å². The van der Waals surface area contributed by atoms with Crippen molar-refractivity contribution in [3.05, 3.63) is 82.2 Å². The molecule has 0 unspecified atom stereocenters. The topological polar surface area (TPSA) is 55.7 Å². The summed E-state index contributed by atoms with van der Waals surface area (Å²) >= 11 is 7.59. The zero-order valence-corrected chi connectivity index (χ0v) is 16.5. The van der Waals surface area contributed by atoms with Crippen LogP contribution in [0.2, 0.25) is 4.34 Å². The number of fused-ring (bicyclic) bond motifs is 1. The van der Waals surface area contributed by atoms with Gasteiger partial charge >= 0.3 is 0 Å². The molecule has 2 N–H and O–H groups in total. The van der Waals surface area contributed by atoms with Crippen LogP contribution in [0.25, 0.3) is 27.5 Å². The predicted octanol–water partition coefficient (Wildman–Crippen LogP) is 5.38. The van der Waals surface area contributed by atoms with Gasteiger partial charge in [-0.1, -0.05) is 11.6 Å². The highest BCUT2D eigenvalue weighted by Gasteiger charge is 2.12. The van der Waals surface area contributed by atoms with E-state index in [1.54, 1.807) is 25.4 Å². The summed E-state index contributed by atoms with van der Waals surface area (Å²) < 4.78 is 16.0. The fourth-order valence-electron chi connectivity index (χ4n) is 2.99. The molecule has 0 bridgehead atoms. The monoisotopic (exact) mass is 410 g/mol. The lowest BCUT2D eigenvalue weighted by Gasteiger charge is -2.10. The summed E-state index contributed by atoms with van der Waals surface area (Å²) in [5.41, 5.74) is 11.0. The van der Waals surface area contributed by atoms with Crippen LogP contribution in [0, 0.1) is 5.82 Å². The van der Waals surface area contributed by atoms with Crippen LogP contribution < -0.4 is 5.73 Å². The summed E-state index contributed by atoms with van der Waals surface area (Å²) in [6.45, 7) is 0. The number of allylic oxidation sites excluding steroid dienone is 1. The van der Waals surface area contributed by atoms with Crippen molar-refractivity contribution in [2.24, 2.45) is 10.7 Å². The maximum atomic E-state index is 13.3. The summed E-state index contributed by atoms with van der Waals surface area (Å²) in [5.74, 6) is -0.304. The molecular formula is C21H16ClFN4S. The van der Waals surface area contributed by atoms with Gasteiger partial charge in [-0.2, -0.15) is 0 Å². The summed E-state index contributed by atoms with van der Waals surface area (Å²) in [7, 11) is 1.69. The third kappa shape index (κ3) is 3.44. The van der Waals surface area contributed by atoms with Crippen molar-refractivity contribution in [3.63, 3.8) is 0 Å². The van der Waals surface area contributed by atoms with Gasteiger partial charge in [0.2, 0.25) is 0 Å². The van der Waals surface area contributed by atoms with Crippen molar-refractivity contribution in [2.45, 2.75) is 0 Å². The number of rotatable bonds is 4. The molecule has 7 heteroatoms. The number of pyridine rings is 1. The van der Waals surface area contributed by atoms with E-state index in [0.717, 1.165) is 37.3 Å². The number of nitrogens with zero attached hydrogens (tertiary/aromatic N) is 3. The average Bonchev–Trinajstić information content (AvgIpc) is 3.31. The molecule has 28 heavy (non-hydrogen) atoms. The third-order valence-electron chi connectivity index (χ3n) is 4.35. The normalized spacial score (nSPS) is 12.7. The van der Waals surface area contributed by atoms with Gasteiger partial charge < -0.3 is 5.73 Å². The molecule has 0 saturated carbocycles. The molecule has 4 nitrogen and oxygen atoms in total. The second kappa shape index (κ2) is 7.58. The first kappa shape index (κ1) is 18.4. The highest BCUT2D eigenvalue weighted by atomic mass is 35.5. The second-order valence-corrected chi connectivity index (χ2v) is 7.83. The molecule has 1 aromatic carbocycles. The molecule has 140 valence electrons. The first-order valence-electron chi connectivity index (χ1n) is 8.48. The number of thiophene rings is 1. The lowest BCUT2D eigenvalue weighted by atomic mass is 10.0. The first-order chi connectivity index (χ1) is 13.6. The third-order valence-corrected chi connectivity index (χ3v) is 5.60. The Morgan fingerprint density at radius 2 is 1.89 bits per heavy atom. The van der Waals surface area contributed by atoms with Crippen molar-refractivity contribution < 1.29 is 4.39 Å². The van der Waals surface area contributed by atoms with Gasteiger partial charge in [-0.25, -0.2) is 9.37 Å². The van der Waals surface area contributed by atoms with Gasteiger partial charge in [-0.05, 0) is 54.1 Å². The largest absolute Gasteiger partial charge is 0.398 e. The lowest BCUT2D eigenvalue weighted by molar-refractivity contribution is 0.627. The maximum Gasteiger partial charge on any atom is 0.137 e. The van der Waals surface area contributed by atoms with E-state index in [0.29, 0.717) is 5.70 Å². The second-order valence-electron chi connectivity index (χ2n) is 6.11. The minimum Gasteiger partial charge on any atom is -0.398 e. The number of imidazole rings is 1. The highest BCUT2D eigenvalue weighted by molar-refractivity contribution is 7.19. The minimum atomic E-state index is -0.304. The SMILES string of the molecule is CN=CC(=C(N)c1ccc(F)cc1)c1ccc2ncc(-c3ccc(Cl)s3)n2c1. The van der Waals surface area contributed by atoms with Gasteiger partial charge in [-0.3, -0.25) is 9.39 Å². The molecule has 0 spiro atoms. The fraction of sp³-hybridized carbons (Fsp3) is 0.0476. The molecule has 0 fully saturated rings. The van der Waals surface area contributed by atoms with Gasteiger partial charge in [0.25, 0.3) is 0 Å². The van der Waals surface area contributed by atoms with Crippen LogP contribution in [0.4, 0.5) is 4.39 Å². The van der Waals surface area contributed by atoms with Crippen LogP contribution in [0.1, 0.15) is 11.1 Å². The Morgan fingerprint density at radius 3 is 2.57 bits per heavy atom. The van der Waals surface area contributed by atoms with E-state index >= 15 is 0 Å². The maximum absolute atomic E-state index is 13.3. The Labute approximate surface area is 170 Å².